The summed E-state index contributed by atoms with van der Waals surface area (Å²) >= 11 is 0. The van der Waals surface area contributed by atoms with Gasteiger partial charge in [0.25, 0.3) is 0 Å². The van der Waals surface area contributed by atoms with Crippen LogP contribution in [0.2, 0.25) is 0 Å². The zero-order valence-corrected chi connectivity index (χ0v) is 15.2. The van der Waals surface area contributed by atoms with Crippen molar-refractivity contribution < 1.29 is 29.1 Å². The Morgan fingerprint density at radius 1 is 0.857 bits per heavy atom. The van der Waals surface area contributed by atoms with Gasteiger partial charge in [0.1, 0.15) is 6.04 Å². The van der Waals surface area contributed by atoms with E-state index in [0.717, 1.165) is 0 Å². The van der Waals surface area contributed by atoms with Crippen molar-refractivity contribution in [3.8, 4) is 0 Å². The Kier molecular flexibility index (Phi) is 12.1. The number of nitrogens with one attached hydrogen (secondary N) is 6. The van der Waals surface area contributed by atoms with Gasteiger partial charge in [0.2, 0.25) is 23.6 Å². The van der Waals surface area contributed by atoms with Crippen molar-refractivity contribution in [3.63, 3.8) is 0 Å². The molecule has 0 unspecified atom stereocenters. The monoisotopic (exact) mass is 402 g/mol. The van der Waals surface area contributed by atoms with Gasteiger partial charge < -0.3 is 43.2 Å². The minimum absolute atomic E-state index is 0.0971. The molecule has 0 aliphatic carbocycles. The van der Waals surface area contributed by atoms with E-state index >= 15 is 0 Å². The summed E-state index contributed by atoms with van der Waals surface area (Å²) in [5.41, 5.74) is 10.1. The lowest BCUT2D eigenvalue weighted by Gasteiger charge is -2.15. The van der Waals surface area contributed by atoms with Gasteiger partial charge in [0.15, 0.2) is 5.96 Å². The highest BCUT2D eigenvalue weighted by molar-refractivity contribution is 5.91. The van der Waals surface area contributed by atoms with Crippen LogP contribution in [0.3, 0.4) is 0 Å². The van der Waals surface area contributed by atoms with Crippen molar-refractivity contribution in [1.29, 1.82) is 5.41 Å². The summed E-state index contributed by atoms with van der Waals surface area (Å²) in [5.74, 6) is -4.03. The lowest BCUT2D eigenvalue weighted by Crippen LogP contribution is -2.48. The fourth-order valence-electron chi connectivity index (χ4n) is 1.77. The Morgan fingerprint density at radius 3 is 1.82 bits per heavy atom. The zero-order chi connectivity index (χ0) is 21.5. The summed E-state index contributed by atoms with van der Waals surface area (Å²) in [6, 6.07) is -1.16. The van der Waals surface area contributed by atoms with E-state index in [0.29, 0.717) is 6.42 Å². The first-order chi connectivity index (χ1) is 13.1. The third kappa shape index (κ3) is 12.9. The van der Waals surface area contributed by atoms with E-state index < -0.39 is 48.7 Å². The number of guanidine groups is 1. The van der Waals surface area contributed by atoms with Gasteiger partial charge in [0.05, 0.1) is 26.2 Å². The average molecular weight is 402 g/mol. The lowest BCUT2D eigenvalue weighted by atomic mass is 10.1. The quantitative estimate of drug-likeness (QED) is 0.0813. The molecular weight excluding hydrogens is 376 g/mol. The molecule has 11 N–H and O–H groups in total. The highest BCUT2D eigenvalue weighted by Crippen LogP contribution is 1.97. The molecule has 0 bridgehead atoms. The molecule has 28 heavy (non-hydrogen) atoms. The van der Waals surface area contributed by atoms with Crippen LogP contribution in [0.15, 0.2) is 0 Å². The second kappa shape index (κ2) is 13.7. The van der Waals surface area contributed by atoms with Gasteiger partial charge in [0, 0.05) is 6.54 Å². The molecule has 158 valence electrons. The number of aliphatic carboxylic acids is 1. The number of hydrogen-bond donors (Lipinski definition) is 9. The first kappa shape index (κ1) is 24.6. The number of hydrogen-bond acceptors (Lipinski definition) is 7. The van der Waals surface area contributed by atoms with Crippen LogP contribution in [0.5, 0.6) is 0 Å². The predicted octanol–water partition coefficient (Wildman–Crippen LogP) is -4.87. The van der Waals surface area contributed by atoms with Crippen LogP contribution < -0.4 is 38.1 Å². The summed E-state index contributed by atoms with van der Waals surface area (Å²) in [4.78, 5) is 56.7. The van der Waals surface area contributed by atoms with E-state index in [4.69, 9.17) is 22.0 Å². The summed E-state index contributed by atoms with van der Waals surface area (Å²) in [6.07, 6.45) is 0.440. The molecule has 0 aromatic heterocycles. The fourth-order valence-corrected chi connectivity index (χ4v) is 1.77. The van der Waals surface area contributed by atoms with Crippen LogP contribution in [0.25, 0.3) is 0 Å². The average Bonchev–Trinajstić information content (AvgIpc) is 2.64. The summed E-state index contributed by atoms with van der Waals surface area (Å²) in [5, 5.41) is 27.5. The third-order valence-electron chi connectivity index (χ3n) is 3.14. The van der Waals surface area contributed by atoms with E-state index in [2.05, 4.69) is 26.6 Å². The minimum atomic E-state index is -1.24. The molecule has 14 heteroatoms. The standard InChI is InChI=1S/C14H26N8O6/c15-4-9(23)19-5-10(24)20-6-11(25)21-7-12(26)22-8(13(27)28)2-1-3-18-14(16)17/h8H,1-7,15H2,(H,19,23)(H,20,24)(H,21,25)(H,22,26)(H,27,28)(H4,16,17,18)/t8-/m0/s1. The van der Waals surface area contributed by atoms with Crippen LogP contribution in [0.1, 0.15) is 12.8 Å². The van der Waals surface area contributed by atoms with Crippen molar-refractivity contribution in [2.45, 2.75) is 18.9 Å². The normalized spacial score (nSPS) is 10.9. The number of nitrogens with two attached hydrogens (primary N) is 2. The molecule has 0 fully saturated rings. The van der Waals surface area contributed by atoms with Crippen LogP contribution in [-0.2, 0) is 24.0 Å². The first-order valence-electron chi connectivity index (χ1n) is 8.26. The van der Waals surface area contributed by atoms with Crippen LogP contribution >= 0.6 is 0 Å². The van der Waals surface area contributed by atoms with Gasteiger partial charge in [-0.25, -0.2) is 4.79 Å². The summed E-state index contributed by atoms with van der Waals surface area (Å²) in [7, 11) is 0. The molecule has 0 spiro atoms. The molecule has 0 aliphatic heterocycles. The molecule has 4 amide bonds. The smallest absolute Gasteiger partial charge is 0.326 e. The molecule has 1 atom stereocenters. The number of carboxylic acid groups (broad SMARTS) is 1. The highest BCUT2D eigenvalue weighted by atomic mass is 16.4. The topological polar surface area (TPSA) is 242 Å². The van der Waals surface area contributed by atoms with Crippen LogP contribution in [-0.4, -0.2) is 79.4 Å². The van der Waals surface area contributed by atoms with Gasteiger partial charge in [-0.3, -0.25) is 24.6 Å². The summed E-state index contributed by atoms with van der Waals surface area (Å²) < 4.78 is 0. The third-order valence-corrected chi connectivity index (χ3v) is 3.14. The van der Waals surface area contributed by atoms with Crippen molar-refractivity contribution in [3.05, 3.63) is 0 Å². The molecule has 0 aromatic rings. The van der Waals surface area contributed by atoms with Gasteiger partial charge in [-0.2, -0.15) is 0 Å². The van der Waals surface area contributed by atoms with Crippen molar-refractivity contribution in [1.82, 2.24) is 26.6 Å². The largest absolute Gasteiger partial charge is 0.480 e. The molecule has 0 rings (SSSR count). The Morgan fingerprint density at radius 2 is 1.36 bits per heavy atom. The predicted molar refractivity (Wildman–Crippen MR) is 96.8 cm³/mol. The Balaban J connectivity index is 4.10. The molecule has 14 nitrogen and oxygen atoms in total. The number of amides is 4. The SMILES string of the molecule is N=C(N)NCCC[C@H](NC(=O)CNC(=O)CNC(=O)CNC(=O)CN)C(=O)O. The van der Waals surface area contributed by atoms with Gasteiger partial charge in [-0.05, 0) is 12.8 Å². The van der Waals surface area contributed by atoms with Gasteiger partial charge in [-0.1, -0.05) is 0 Å². The van der Waals surface area contributed by atoms with Gasteiger partial charge in [-0.15, -0.1) is 0 Å². The van der Waals surface area contributed by atoms with E-state index in [9.17, 15) is 24.0 Å². The molecule has 0 aromatic carbocycles. The molecule has 0 radical (unpaired) electrons. The fraction of sp³-hybridized carbons (Fsp3) is 0.571. The Bertz CT molecular complexity index is 596. The number of carboxylic acids is 1. The molecular formula is C14H26N8O6. The molecule has 0 aliphatic rings. The lowest BCUT2D eigenvalue weighted by molar-refractivity contribution is -0.142. The van der Waals surface area contributed by atoms with Crippen LogP contribution in [0, 0.1) is 5.41 Å². The van der Waals surface area contributed by atoms with Crippen molar-refractivity contribution in [2.24, 2.45) is 11.5 Å². The summed E-state index contributed by atoms with van der Waals surface area (Å²) in [6.45, 7) is -1.25. The van der Waals surface area contributed by atoms with E-state index in [1.54, 1.807) is 0 Å². The van der Waals surface area contributed by atoms with Gasteiger partial charge >= 0.3 is 5.97 Å². The molecule has 0 saturated carbocycles. The number of carbonyl (C=O) groups is 5. The zero-order valence-electron chi connectivity index (χ0n) is 15.2. The number of rotatable bonds is 13. The number of carbonyl (C=O) groups excluding carboxylic acids is 4. The maximum atomic E-state index is 11.7. The van der Waals surface area contributed by atoms with Crippen molar-refractivity contribution >= 4 is 35.6 Å². The van der Waals surface area contributed by atoms with E-state index in [1.165, 1.54) is 0 Å². The first-order valence-corrected chi connectivity index (χ1v) is 8.26. The van der Waals surface area contributed by atoms with E-state index in [-0.39, 0.29) is 32.0 Å². The van der Waals surface area contributed by atoms with Crippen LogP contribution in [0.4, 0.5) is 0 Å². The second-order valence-corrected chi connectivity index (χ2v) is 5.48. The Labute approximate surface area is 160 Å². The maximum absolute atomic E-state index is 11.7. The molecule has 0 saturated heterocycles. The van der Waals surface area contributed by atoms with E-state index in [1.807, 2.05) is 0 Å². The minimum Gasteiger partial charge on any atom is -0.480 e. The second-order valence-electron chi connectivity index (χ2n) is 5.48. The maximum Gasteiger partial charge on any atom is 0.326 e. The Hall–Kier alpha value is -3.42. The van der Waals surface area contributed by atoms with Crippen molar-refractivity contribution in [2.75, 3.05) is 32.7 Å². The highest BCUT2D eigenvalue weighted by Gasteiger charge is 2.19. The molecule has 0 heterocycles.